The van der Waals surface area contributed by atoms with Crippen LogP contribution in [0.3, 0.4) is 0 Å². The molecule has 0 saturated heterocycles. The highest BCUT2D eigenvalue weighted by Crippen LogP contribution is 2.31. The zero-order chi connectivity index (χ0) is 16.5. The van der Waals surface area contributed by atoms with Crippen LogP contribution in [0.1, 0.15) is 43.2 Å². The van der Waals surface area contributed by atoms with Crippen LogP contribution >= 0.6 is 0 Å². The van der Waals surface area contributed by atoms with Gasteiger partial charge in [0, 0.05) is 5.56 Å². The summed E-state index contributed by atoms with van der Waals surface area (Å²) in [5.41, 5.74) is 1.98. The number of rotatable bonds is 4. The third kappa shape index (κ3) is 4.85. The molecule has 0 spiro atoms. The van der Waals surface area contributed by atoms with Gasteiger partial charge in [-0.1, -0.05) is 78.9 Å². The number of ether oxygens (including phenoxy) is 1. The molecule has 0 bridgehead atoms. The normalized spacial score (nSPS) is 16.5. The molecule has 0 atom stereocenters. The third-order valence-corrected chi connectivity index (χ3v) is 4.44. The Balaban J connectivity index is 1.65. The van der Waals surface area contributed by atoms with Crippen molar-refractivity contribution in [3.05, 3.63) is 77.9 Å². The van der Waals surface area contributed by atoms with Crippen LogP contribution in [0.25, 0.3) is 6.08 Å². The molecule has 1 fully saturated rings. The molecule has 1 aliphatic rings. The maximum Gasteiger partial charge on any atom is 0.129 e. The summed E-state index contributed by atoms with van der Waals surface area (Å²) in [6.07, 6.45) is 9.96. The molecule has 0 N–H and O–H groups in total. The standard InChI is InChI=1S/C23H24O/c1-4-11-21(12-5-1)15-10-20-24-23(17-8-3-9-18-23)19-16-22-13-6-2-7-14-22/h1-2,4-7,10-15H,3,8-9,17-18,20H2/b15-10-. The van der Waals surface area contributed by atoms with E-state index in [-0.39, 0.29) is 5.60 Å². The fourth-order valence-corrected chi connectivity index (χ4v) is 3.09. The third-order valence-electron chi connectivity index (χ3n) is 4.44. The molecule has 0 aliphatic heterocycles. The summed E-state index contributed by atoms with van der Waals surface area (Å²) < 4.78 is 6.25. The molecule has 3 rings (SSSR count). The lowest BCUT2D eigenvalue weighted by Gasteiger charge is -2.32. The summed E-state index contributed by atoms with van der Waals surface area (Å²) in [5, 5.41) is 0. The fraction of sp³-hybridized carbons (Fsp3) is 0.304. The summed E-state index contributed by atoms with van der Waals surface area (Å²) in [5.74, 6) is 6.76. The van der Waals surface area contributed by atoms with Crippen molar-refractivity contribution in [1.29, 1.82) is 0 Å². The number of hydrogen-bond acceptors (Lipinski definition) is 1. The SMILES string of the molecule is C(#CC1(OC/C=C\c2ccccc2)CCCCC1)c1ccccc1. The number of hydrogen-bond donors (Lipinski definition) is 0. The maximum atomic E-state index is 6.25. The molecule has 0 unspecified atom stereocenters. The van der Waals surface area contributed by atoms with Crippen LogP contribution in [-0.2, 0) is 4.74 Å². The minimum Gasteiger partial charge on any atom is -0.358 e. The van der Waals surface area contributed by atoms with Crippen molar-refractivity contribution in [2.75, 3.05) is 6.61 Å². The van der Waals surface area contributed by atoms with Crippen molar-refractivity contribution in [3.63, 3.8) is 0 Å². The van der Waals surface area contributed by atoms with E-state index in [9.17, 15) is 0 Å². The van der Waals surface area contributed by atoms with Crippen LogP contribution in [0, 0.1) is 11.8 Å². The Kier molecular flexibility index (Phi) is 5.88. The Morgan fingerprint density at radius 1 is 0.875 bits per heavy atom. The lowest BCUT2D eigenvalue weighted by Crippen LogP contribution is -2.33. The van der Waals surface area contributed by atoms with Crippen molar-refractivity contribution in [2.45, 2.75) is 37.7 Å². The Morgan fingerprint density at radius 2 is 1.54 bits per heavy atom. The van der Waals surface area contributed by atoms with Gasteiger partial charge in [-0.15, -0.1) is 0 Å². The largest absolute Gasteiger partial charge is 0.358 e. The Bertz CT molecular complexity index is 698. The molecular formula is C23H24O. The Hall–Kier alpha value is -2.30. The summed E-state index contributed by atoms with van der Waals surface area (Å²) in [7, 11) is 0. The van der Waals surface area contributed by atoms with Gasteiger partial charge < -0.3 is 4.74 Å². The molecule has 2 aromatic rings. The first-order valence-electron chi connectivity index (χ1n) is 8.80. The van der Waals surface area contributed by atoms with Crippen LogP contribution in [0.15, 0.2) is 66.7 Å². The molecule has 1 heteroatoms. The van der Waals surface area contributed by atoms with Gasteiger partial charge in [-0.25, -0.2) is 0 Å². The minimum atomic E-state index is -0.283. The molecule has 1 aliphatic carbocycles. The van der Waals surface area contributed by atoms with E-state index in [1.807, 2.05) is 24.3 Å². The van der Waals surface area contributed by atoms with Crippen molar-refractivity contribution < 1.29 is 4.74 Å². The second-order valence-electron chi connectivity index (χ2n) is 6.30. The van der Waals surface area contributed by atoms with E-state index in [2.05, 4.69) is 60.4 Å². The molecule has 24 heavy (non-hydrogen) atoms. The van der Waals surface area contributed by atoms with Gasteiger partial charge in [-0.05, 0) is 43.4 Å². The molecule has 0 aromatic heterocycles. The van der Waals surface area contributed by atoms with Gasteiger partial charge >= 0.3 is 0 Å². The van der Waals surface area contributed by atoms with Crippen molar-refractivity contribution in [3.8, 4) is 11.8 Å². The average molecular weight is 316 g/mol. The van der Waals surface area contributed by atoms with Gasteiger partial charge in [-0.2, -0.15) is 0 Å². The van der Waals surface area contributed by atoms with E-state index < -0.39 is 0 Å². The summed E-state index contributed by atoms with van der Waals surface area (Å²) in [6.45, 7) is 0.609. The molecule has 2 aromatic carbocycles. The van der Waals surface area contributed by atoms with Crippen molar-refractivity contribution >= 4 is 6.08 Å². The Morgan fingerprint density at radius 3 is 2.25 bits per heavy atom. The van der Waals surface area contributed by atoms with Gasteiger partial charge in [0.15, 0.2) is 0 Å². The lowest BCUT2D eigenvalue weighted by molar-refractivity contribution is -0.0105. The molecule has 0 heterocycles. The van der Waals surface area contributed by atoms with E-state index in [0.717, 1.165) is 18.4 Å². The van der Waals surface area contributed by atoms with Crippen molar-refractivity contribution in [1.82, 2.24) is 0 Å². The molecule has 0 radical (unpaired) electrons. The molecule has 122 valence electrons. The van der Waals surface area contributed by atoms with Crippen LogP contribution in [0.4, 0.5) is 0 Å². The highest BCUT2D eigenvalue weighted by molar-refractivity contribution is 5.48. The quantitative estimate of drug-likeness (QED) is 0.680. The number of benzene rings is 2. The topological polar surface area (TPSA) is 9.23 Å². The van der Waals surface area contributed by atoms with Crippen LogP contribution in [0.5, 0.6) is 0 Å². The molecule has 0 amide bonds. The van der Waals surface area contributed by atoms with Gasteiger partial charge in [0.25, 0.3) is 0 Å². The monoisotopic (exact) mass is 316 g/mol. The first kappa shape index (κ1) is 16.6. The van der Waals surface area contributed by atoms with Crippen LogP contribution in [-0.4, -0.2) is 12.2 Å². The second-order valence-corrected chi connectivity index (χ2v) is 6.30. The smallest absolute Gasteiger partial charge is 0.129 e. The van der Waals surface area contributed by atoms with Gasteiger partial charge in [0.2, 0.25) is 0 Å². The predicted octanol–water partition coefficient (Wildman–Crippen LogP) is 5.47. The summed E-state index contributed by atoms with van der Waals surface area (Å²) >= 11 is 0. The first-order valence-corrected chi connectivity index (χ1v) is 8.80. The van der Waals surface area contributed by atoms with Crippen molar-refractivity contribution in [2.24, 2.45) is 0 Å². The van der Waals surface area contributed by atoms with Crippen LogP contribution < -0.4 is 0 Å². The van der Waals surface area contributed by atoms with Gasteiger partial charge in [0.1, 0.15) is 5.60 Å². The van der Waals surface area contributed by atoms with Crippen LogP contribution in [0.2, 0.25) is 0 Å². The van der Waals surface area contributed by atoms with Gasteiger partial charge in [-0.3, -0.25) is 0 Å². The first-order chi connectivity index (χ1) is 11.9. The summed E-state index contributed by atoms with van der Waals surface area (Å²) in [6, 6.07) is 20.5. The zero-order valence-electron chi connectivity index (χ0n) is 14.1. The lowest BCUT2D eigenvalue weighted by atomic mass is 9.85. The highest BCUT2D eigenvalue weighted by atomic mass is 16.5. The van der Waals surface area contributed by atoms with E-state index >= 15 is 0 Å². The minimum absolute atomic E-state index is 0.283. The molecular weight excluding hydrogens is 292 g/mol. The second kappa shape index (κ2) is 8.52. The van der Waals surface area contributed by atoms with E-state index in [1.165, 1.54) is 24.8 Å². The van der Waals surface area contributed by atoms with Gasteiger partial charge in [0.05, 0.1) is 6.61 Å². The average Bonchev–Trinajstić information content (AvgIpc) is 2.66. The van der Waals surface area contributed by atoms with E-state index in [4.69, 9.17) is 4.74 Å². The van der Waals surface area contributed by atoms with E-state index in [0.29, 0.717) is 6.61 Å². The zero-order valence-corrected chi connectivity index (χ0v) is 14.1. The molecule has 1 saturated carbocycles. The fourth-order valence-electron chi connectivity index (χ4n) is 3.09. The molecule has 1 nitrogen and oxygen atoms in total. The predicted molar refractivity (Wildman–Crippen MR) is 101 cm³/mol. The van der Waals surface area contributed by atoms with E-state index in [1.54, 1.807) is 0 Å². The maximum absolute atomic E-state index is 6.25. The Labute approximate surface area is 145 Å². The summed E-state index contributed by atoms with van der Waals surface area (Å²) in [4.78, 5) is 0. The highest BCUT2D eigenvalue weighted by Gasteiger charge is 2.30.